The second-order valence-corrected chi connectivity index (χ2v) is 5.85. The fourth-order valence-corrected chi connectivity index (χ4v) is 3.29. The van der Waals surface area contributed by atoms with Crippen LogP contribution in [0.1, 0.15) is 44.1 Å². The standard InChI is InChI=1S/C16H20F2O3/c1-21-11-8-13(17)12(14(18)9-11)4-7-16(10-15(19)20)5-2-3-6-16/h8-9H,2-7,10H2,1H3,(H,19,20). The van der Waals surface area contributed by atoms with Crippen molar-refractivity contribution in [2.24, 2.45) is 5.41 Å². The van der Waals surface area contributed by atoms with Gasteiger partial charge in [0.15, 0.2) is 0 Å². The minimum absolute atomic E-state index is 0.0208. The highest BCUT2D eigenvalue weighted by Crippen LogP contribution is 2.45. The van der Waals surface area contributed by atoms with Crippen molar-refractivity contribution in [3.63, 3.8) is 0 Å². The van der Waals surface area contributed by atoms with Crippen LogP contribution in [0.5, 0.6) is 5.75 Å². The Labute approximate surface area is 122 Å². The van der Waals surface area contributed by atoms with E-state index in [1.165, 1.54) is 7.11 Å². The summed E-state index contributed by atoms with van der Waals surface area (Å²) in [6.45, 7) is 0. The number of carboxylic acid groups (broad SMARTS) is 1. The molecule has 0 amide bonds. The first kappa shape index (κ1) is 15.7. The molecule has 21 heavy (non-hydrogen) atoms. The molecule has 0 aromatic heterocycles. The number of rotatable bonds is 6. The summed E-state index contributed by atoms with van der Waals surface area (Å²) in [7, 11) is 1.36. The molecule has 0 unspecified atom stereocenters. The Balaban J connectivity index is 2.13. The topological polar surface area (TPSA) is 46.5 Å². The monoisotopic (exact) mass is 298 g/mol. The van der Waals surface area contributed by atoms with Crippen LogP contribution in [0, 0.1) is 17.0 Å². The normalized spacial score (nSPS) is 16.9. The predicted molar refractivity (Wildman–Crippen MR) is 74.4 cm³/mol. The molecule has 0 saturated heterocycles. The van der Waals surface area contributed by atoms with Gasteiger partial charge in [0.25, 0.3) is 0 Å². The highest BCUT2D eigenvalue weighted by atomic mass is 19.1. The molecule has 3 nitrogen and oxygen atoms in total. The molecule has 0 bridgehead atoms. The molecule has 1 N–H and O–H groups in total. The average molecular weight is 298 g/mol. The quantitative estimate of drug-likeness (QED) is 0.865. The zero-order valence-electron chi connectivity index (χ0n) is 12.1. The molecule has 116 valence electrons. The van der Waals surface area contributed by atoms with E-state index in [1.54, 1.807) is 0 Å². The summed E-state index contributed by atoms with van der Waals surface area (Å²) in [6.07, 6.45) is 4.40. The Kier molecular flexibility index (Phi) is 4.80. The maximum absolute atomic E-state index is 13.9. The fraction of sp³-hybridized carbons (Fsp3) is 0.562. The van der Waals surface area contributed by atoms with Gasteiger partial charge >= 0.3 is 5.97 Å². The van der Waals surface area contributed by atoms with Gasteiger partial charge in [-0.1, -0.05) is 12.8 Å². The van der Waals surface area contributed by atoms with Crippen LogP contribution in [0.25, 0.3) is 0 Å². The van der Waals surface area contributed by atoms with Gasteiger partial charge in [-0.25, -0.2) is 8.78 Å². The SMILES string of the molecule is COc1cc(F)c(CCC2(CC(=O)O)CCCC2)c(F)c1. The summed E-state index contributed by atoms with van der Waals surface area (Å²) in [5, 5.41) is 9.05. The largest absolute Gasteiger partial charge is 0.497 e. The lowest BCUT2D eigenvalue weighted by Crippen LogP contribution is -2.22. The van der Waals surface area contributed by atoms with Crippen molar-refractivity contribution in [1.82, 2.24) is 0 Å². The molecule has 1 aliphatic rings. The van der Waals surface area contributed by atoms with Crippen LogP contribution in [0.2, 0.25) is 0 Å². The number of carboxylic acids is 1. The third-order valence-corrected chi connectivity index (χ3v) is 4.45. The van der Waals surface area contributed by atoms with E-state index in [-0.39, 0.29) is 29.6 Å². The first-order valence-electron chi connectivity index (χ1n) is 7.19. The second-order valence-electron chi connectivity index (χ2n) is 5.85. The minimum atomic E-state index is -0.840. The lowest BCUT2D eigenvalue weighted by molar-refractivity contribution is -0.139. The average Bonchev–Trinajstić information content (AvgIpc) is 2.85. The van der Waals surface area contributed by atoms with Crippen molar-refractivity contribution in [3.05, 3.63) is 29.3 Å². The lowest BCUT2D eigenvalue weighted by Gasteiger charge is -2.27. The first-order valence-corrected chi connectivity index (χ1v) is 7.19. The lowest BCUT2D eigenvalue weighted by atomic mass is 9.77. The molecule has 0 spiro atoms. The third kappa shape index (κ3) is 3.71. The maximum Gasteiger partial charge on any atom is 0.303 e. The third-order valence-electron chi connectivity index (χ3n) is 4.45. The van der Waals surface area contributed by atoms with Gasteiger partial charge in [0.2, 0.25) is 0 Å². The maximum atomic E-state index is 13.9. The van der Waals surface area contributed by atoms with Gasteiger partial charge < -0.3 is 9.84 Å². The Hall–Kier alpha value is -1.65. The number of methoxy groups -OCH3 is 1. The van der Waals surface area contributed by atoms with Crippen molar-refractivity contribution < 1.29 is 23.4 Å². The molecule has 1 fully saturated rings. The van der Waals surface area contributed by atoms with Gasteiger partial charge in [0, 0.05) is 17.7 Å². The molecule has 0 aliphatic heterocycles. The summed E-state index contributed by atoms with van der Waals surface area (Å²) in [5.41, 5.74) is -0.294. The van der Waals surface area contributed by atoms with Crippen molar-refractivity contribution in [1.29, 1.82) is 0 Å². The van der Waals surface area contributed by atoms with E-state index in [1.807, 2.05) is 0 Å². The van der Waals surface area contributed by atoms with Crippen molar-refractivity contribution in [3.8, 4) is 5.75 Å². The smallest absolute Gasteiger partial charge is 0.303 e. The van der Waals surface area contributed by atoms with Crippen molar-refractivity contribution >= 4 is 5.97 Å². The molecule has 0 heterocycles. The van der Waals surface area contributed by atoms with Gasteiger partial charge in [-0.3, -0.25) is 4.79 Å². The molecule has 1 saturated carbocycles. The molecular weight excluding hydrogens is 278 g/mol. The van der Waals surface area contributed by atoms with Crippen molar-refractivity contribution in [2.45, 2.75) is 44.9 Å². The Morgan fingerprint density at radius 1 is 1.29 bits per heavy atom. The Bertz CT molecular complexity index is 499. The number of hydrogen-bond acceptors (Lipinski definition) is 2. The number of ether oxygens (including phenoxy) is 1. The molecule has 2 rings (SSSR count). The number of benzene rings is 1. The van der Waals surface area contributed by atoms with Gasteiger partial charge in [0.05, 0.1) is 13.5 Å². The van der Waals surface area contributed by atoms with E-state index in [0.717, 1.165) is 37.8 Å². The number of halogens is 2. The molecule has 5 heteroatoms. The van der Waals surface area contributed by atoms with Gasteiger partial charge in [-0.15, -0.1) is 0 Å². The van der Waals surface area contributed by atoms with Crippen LogP contribution < -0.4 is 4.74 Å². The molecule has 1 aromatic carbocycles. The van der Waals surface area contributed by atoms with Gasteiger partial charge in [-0.2, -0.15) is 0 Å². The zero-order chi connectivity index (χ0) is 15.5. The van der Waals surface area contributed by atoms with Gasteiger partial charge in [0.1, 0.15) is 17.4 Å². The minimum Gasteiger partial charge on any atom is -0.497 e. The fourth-order valence-electron chi connectivity index (χ4n) is 3.29. The highest BCUT2D eigenvalue weighted by Gasteiger charge is 2.36. The van der Waals surface area contributed by atoms with E-state index >= 15 is 0 Å². The van der Waals surface area contributed by atoms with Crippen LogP contribution in [-0.4, -0.2) is 18.2 Å². The summed E-state index contributed by atoms with van der Waals surface area (Å²) in [5.74, 6) is -1.95. The number of carbonyl (C=O) groups is 1. The highest BCUT2D eigenvalue weighted by molar-refractivity contribution is 5.67. The van der Waals surface area contributed by atoms with Crippen LogP contribution in [0.4, 0.5) is 8.78 Å². The van der Waals surface area contributed by atoms with E-state index in [0.29, 0.717) is 6.42 Å². The van der Waals surface area contributed by atoms with E-state index < -0.39 is 17.6 Å². The molecule has 0 radical (unpaired) electrons. The summed E-state index contributed by atoms with van der Waals surface area (Å²) >= 11 is 0. The van der Waals surface area contributed by atoms with E-state index in [9.17, 15) is 13.6 Å². The molecule has 1 aliphatic carbocycles. The molecular formula is C16H20F2O3. The Morgan fingerprint density at radius 3 is 2.33 bits per heavy atom. The predicted octanol–water partition coefficient (Wildman–Crippen LogP) is 3.94. The van der Waals surface area contributed by atoms with E-state index in [2.05, 4.69) is 0 Å². The van der Waals surface area contributed by atoms with Crippen LogP contribution in [0.3, 0.4) is 0 Å². The first-order chi connectivity index (χ1) is 9.96. The summed E-state index contributed by atoms with van der Waals surface area (Å²) < 4.78 is 32.7. The number of hydrogen-bond donors (Lipinski definition) is 1. The van der Waals surface area contributed by atoms with Crippen LogP contribution in [-0.2, 0) is 11.2 Å². The summed E-state index contributed by atoms with van der Waals surface area (Å²) in [6, 6.07) is 2.33. The van der Waals surface area contributed by atoms with Crippen molar-refractivity contribution in [2.75, 3.05) is 7.11 Å². The second kappa shape index (κ2) is 6.41. The number of aliphatic carboxylic acids is 1. The zero-order valence-corrected chi connectivity index (χ0v) is 12.1. The Morgan fingerprint density at radius 2 is 1.86 bits per heavy atom. The van der Waals surface area contributed by atoms with E-state index in [4.69, 9.17) is 9.84 Å². The molecule has 0 atom stereocenters. The van der Waals surface area contributed by atoms with Crippen LogP contribution in [0.15, 0.2) is 12.1 Å². The van der Waals surface area contributed by atoms with Gasteiger partial charge in [-0.05, 0) is 31.1 Å². The summed E-state index contributed by atoms with van der Waals surface area (Å²) in [4.78, 5) is 11.0. The van der Waals surface area contributed by atoms with Crippen LogP contribution >= 0.6 is 0 Å². The molecule has 1 aromatic rings.